The Balaban J connectivity index is 0.00000264. The minimum Gasteiger partial charge on any atom is -0.492 e. The number of aliphatic carboxylic acids is 1. The molecule has 0 amide bonds. The fraction of sp³-hybridized carbons (Fsp3) is 0.588. The van der Waals surface area contributed by atoms with Crippen LogP contribution in [-0.2, 0) is 4.79 Å². The van der Waals surface area contributed by atoms with Crippen molar-refractivity contribution in [3.05, 3.63) is 30.3 Å². The minimum absolute atomic E-state index is 0. The molecule has 1 N–H and O–H groups in total. The Morgan fingerprint density at radius 2 is 2.04 bits per heavy atom. The molecule has 1 aliphatic rings. The van der Waals surface area contributed by atoms with Crippen LogP contribution in [0.25, 0.3) is 0 Å². The molecule has 0 saturated carbocycles. The summed E-state index contributed by atoms with van der Waals surface area (Å²) in [6, 6.07) is 10.2. The minimum atomic E-state index is -0.750. The van der Waals surface area contributed by atoms with E-state index in [2.05, 4.69) is 4.90 Å². The van der Waals surface area contributed by atoms with Gasteiger partial charge in [0.1, 0.15) is 12.4 Å². The number of nitrogens with zero attached hydrogens (tertiary/aromatic N) is 2. The maximum absolute atomic E-state index is 10.8. The van der Waals surface area contributed by atoms with Crippen molar-refractivity contribution in [2.45, 2.75) is 25.3 Å². The highest BCUT2D eigenvalue weighted by molar-refractivity contribution is 5.85. The van der Waals surface area contributed by atoms with Gasteiger partial charge < -0.3 is 9.84 Å². The lowest BCUT2D eigenvalue weighted by Gasteiger charge is -2.25. The number of carbonyl (C=O) groups is 1. The molecular formula is C17H27ClN2O3. The van der Waals surface area contributed by atoms with E-state index in [9.17, 15) is 4.79 Å². The average Bonchev–Trinajstić information content (AvgIpc) is 2.73. The van der Waals surface area contributed by atoms with Crippen LogP contribution in [0.4, 0.5) is 0 Å². The van der Waals surface area contributed by atoms with Gasteiger partial charge in [-0.1, -0.05) is 18.2 Å². The number of carboxylic acids is 1. The van der Waals surface area contributed by atoms with Gasteiger partial charge in [0.2, 0.25) is 0 Å². The van der Waals surface area contributed by atoms with E-state index >= 15 is 0 Å². The molecule has 0 spiro atoms. The molecule has 1 aromatic rings. The number of rotatable bonds is 7. The number of para-hydroxylation sites is 1. The Labute approximate surface area is 144 Å². The van der Waals surface area contributed by atoms with Crippen LogP contribution in [0, 0.1) is 0 Å². The Hall–Kier alpha value is -1.30. The summed E-state index contributed by atoms with van der Waals surface area (Å²) in [5, 5.41) is 8.89. The van der Waals surface area contributed by atoms with Gasteiger partial charge in [-0.25, -0.2) is 0 Å². The van der Waals surface area contributed by atoms with E-state index in [1.165, 1.54) is 0 Å². The first-order valence-electron chi connectivity index (χ1n) is 7.97. The van der Waals surface area contributed by atoms with Crippen molar-refractivity contribution in [2.24, 2.45) is 0 Å². The van der Waals surface area contributed by atoms with Gasteiger partial charge in [0.05, 0.1) is 6.54 Å². The Morgan fingerprint density at radius 3 is 2.74 bits per heavy atom. The van der Waals surface area contributed by atoms with Crippen LogP contribution in [0.1, 0.15) is 19.3 Å². The SMILES string of the molecule is CN(CC(=O)O)C1CCCN(CCOc2ccccc2)CC1.Cl. The lowest BCUT2D eigenvalue weighted by Crippen LogP contribution is -2.37. The van der Waals surface area contributed by atoms with Gasteiger partial charge in [-0.3, -0.25) is 14.6 Å². The number of halogens is 1. The maximum atomic E-state index is 10.8. The lowest BCUT2D eigenvalue weighted by molar-refractivity contribution is -0.138. The van der Waals surface area contributed by atoms with Gasteiger partial charge in [-0.05, 0) is 51.5 Å². The third kappa shape index (κ3) is 7.20. The monoisotopic (exact) mass is 342 g/mol. The molecule has 0 aliphatic carbocycles. The quantitative estimate of drug-likeness (QED) is 0.824. The molecule has 5 nitrogen and oxygen atoms in total. The standard InChI is InChI=1S/C17H26N2O3.ClH/c1-18(14-17(20)21)15-6-5-10-19(11-9-15)12-13-22-16-7-3-2-4-8-16;/h2-4,7-8,15H,5-6,9-14H2,1H3,(H,20,21);1H. The summed E-state index contributed by atoms with van der Waals surface area (Å²) in [5.41, 5.74) is 0. The number of hydrogen-bond acceptors (Lipinski definition) is 4. The second kappa shape index (κ2) is 10.5. The second-order valence-corrected chi connectivity index (χ2v) is 5.90. The van der Waals surface area contributed by atoms with Crippen molar-refractivity contribution in [3.63, 3.8) is 0 Å². The zero-order chi connectivity index (χ0) is 15.8. The van der Waals surface area contributed by atoms with E-state index in [0.717, 1.165) is 44.6 Å². The molecule has 1 unspecified atom stereocenters. The highest BCUT2D eigenvalue weighted by Crippen LogP contribution is 2.16. The van der Waals surface area contributed by atoms with Crippen LogP contribution in [0.3, 0.4) is 0 Å². The van der Waals surface area contributed by atoms with E-state index in [1.54, 1.807) is 0 Å². The summed E-state index contributed by atoms with van der Waals surface area (Å²) in [6.45, 7) is 3.81. The van der Waals surface area contributed by atoms with E-state index < -0.39 is 5.97 Å². The zero-order valence-corrected chi connectivity index (χ0v) is 14.5. The van der Waals surface area contributed by atoms with Crippen molar-refractivity contribution < 1.29 is 14.6 Å². The summed E-state index contributed by atoms with van der Waals surface area (Å²) in [7, 11) is 1.91. The van der Waals surface area contributed by atoms with Gasteiger partial charge in [0.25, 0.3) is 0 Å². The number of likely N-dealkylation sites (tertiary alicyclic amines) is 1. The van der Waals surface area contributed by atoms with Crippen molar-refractivity contribution in [1.82, 2.24) is 9.80 Å². The van der Waals surface area contributed by atoms with Crippen molar-refractivity contribution >= 4 is 18.4 Å². The molecule has 130 valence electrons. The molecule has 6 heteroatoms. The van der Waals surface area contributed by atoms with E-state index in [-0.39, 0.29) is 19.0 Å². The molecule has 0 bridgehead atoms. The van der Waals surface area contributed by atoms with Gasteiger partial charge in [-0.15, -0.1) is 12.4 Å². The Bertz CT molecular complexity index is 458. The molecule has 1 atom stereocenters. The largest absolute Gasteiger partial charge is 0.492 e. The predicted octanol–water partition coefficient (Wildman–Crippen LogP) is 2.36. The van der Waals surface area contributed by atoms with Gasteiger partial charge in [0.15, 0.2) is 0 Å². The third-order valence-corrected chi connectivity index (χ3v) is 4.22. The summed E-state index contributed by atoms with van der Waals surface area (Å²) >= 11 is 0. The van der Waals surface area contributed by atoms with Crippen molar-refractivity contribution in [3.8, 4) is 5.75 Å². The van der Waals surface area contributed by atoms with Crippen LogP contribution in [-0.4, -0.2) is 66.8 Å². The molecule has 2 rings (SSSR count). The predicted molar refractivity (Wildman–Crippen MR) is 93.5 cm³/mol. The fourth-order valence-corrected chi connectivity index (χ4v) is 2.95. The van der Waals surface area contributed by atoms with Gasteiger partial charge in [0, 0.05) is 12.6 Å². The molecule has 0 aromatic heterocycles. The molecule has 23 heavy (non-hydrogen) atoms. The number of hydrogen-bond donors (Lipinski definition) is 1. The average molecular weight is 343 g/mol. The van der Waals surface area contributed by atoms with E-state index in [1.807, 2.05) is 42.3 Å². The summed E-state index contributed by atoms with van der Waals surface area (Å²) in [5.74, 6) is 0.163. The molecule has 1 fully saturated rings. The van der Waals surface area contributed by atoms with Crippen LogP contribution < -0.4 is 4.74 Å². The number of likely N-dealkylation sites (N-methyl/N-ethyl adjacent to an activating group) is 1. The highest BCUT2D eigenvalue weighted by Gasteiger charge is 2.21. The van der Waals surface area contributed by atoms with E-state index in [4.69, 9.17) is 9.84 Å². The van der Waals surface area contributed by atoms with Crippen LogP contribution in [0.15, 0.2) is 30.3 Å². The third-order valence-electron chi connectivity index (χ3n) is 4.22. The first-order valence-corrected chi connectivity index (χ1v) is 7.97. The number of ether oxygens (including phenoxy) is 1. The van der Waals surface area contributed by atoms with E-state index in [0.29, 0.717) is 12.6 Å². The van der Waals surface area contributed by atoms with Gasteiger partial charge >= 0.3 is 5.97 Å². The van der Waals surface area contributed by atoms with Crippen LogP contribution in [0.2, 0.25) is 0 Å². The normalized spacial score (nSPS) is 19.0. The topological polar surface area (TPSA) is 53.0 Å². The number of carboxylic acid groups (broad SMARTS) is 1. The molecule has 0 radical (unpaired) electrons. The molecule has 1 heterocycles. The highest BCUT2D eigenvalue weighted by atomic mass is 35.5. The molecule has 1 aromatic carbocycles. The molecular weight excluding hydrogens is 316 g/mol. The zero-order valence-electron chi connectivity index (χ0n) is 13.7. The van der Waals surface area contributed by atoms with Gasteiger partial charge in [-0.2, -0.15) is 0 Å². The van der Waals surface area contributed by atoms with Crippen LogP contribution in [0.5, 0.6) is 5.75 Å². The summed E-state index contributed by atoms with van der Waals surface area (Å²) in [4.78, 5) is 15.2. The summed E-state index contributed by atoms with van der Waals surface area (Å²) in [6.07, 6.45) is 3.20. The fourth-order valence-electron chi connectivity index (χ4n) is 2.95. The maximum Gasteiger partial charge on any atom is 0.317 e. The second-order valence-electron chi connectivity index (χ2n) is 5.90. The van der Waals surface area contributed by atoms with Crippen molar-refractivity contribution in [1.29, 1.82) is 0 Å². The summed E-state index contributed by atoms with van der Waals surface area (Å²) < 4.78 is 5.75. The molecule has 1 saturated heterocycles. The Morgan fingerprint density at radius 1 is 1.30 bits per heavy atom. The Kier molecular flexibility index (Phi) is 8.99. The first kappa shape index (κ1) is 19.7. The first-order chi connectivity index (χ1) is 10.6. The van der Waals surface area contributed by atoms with Crippen molar-refractivity contribution in [2.75, 3.05) is 39.8 Å². The number of benzene rings is 1. The smallest absolute Gasteiger partial charge is 0.317 e. The lowest BCUT2D eigenvalue weighted by atomic mass is 10.1. The molecule has 1 aliphatic heterocycles. The van der Waals surface area contributed by atoms with Crippen LogP contribution >= 0.6 is 12.4 Å².